The average molecular weight is 370 g/mol. The Labute approximate surface area is 157 Å². The van der Waals surface area contributed by atoms with Gasteiger partial charge in [0.15, 0.2) is 0 Å². The molecule has 1 N–H and O–H groups in total. The van der Waals surface area contributed by atoms with Crippen LogP contribution in [0.5, 0.6) is 0 Å². The molecule has 0 radical (unpaired) electrons. The summed E-state index contributed by atoms with van der Waals surface area (Å²) in [6.45, 7) is 16.4. The summed E-state index contributed by atoms with van der Waals surface area (Å²) >= 11 is 0. The summed E-state index contributed by atoms with van der Waals surface area (Å²) in [4.78, 5) is 29.4. The molecule has 0 aromatic rings. The van der Waals surface area contributed by atoms with Gasteiger partial charge >= 0.3 is 12.1 Å². The van der Waals surface area contributed by atoms with Crippen molar-refractivity contribution in [3.05, 3.63) is 12.3 Å². The minimum Gasteiger partial charge on any atom is -0.461 e. The third kappa shape index (κ3) is 8.47. The van der Waals surface area contributed by atoms with Crippen molar-refractivity contribution in [2.45, 2.75) is 72.6 Å². The number of ether oxygens (including phenoxy) is 2. The van der Waals surface area contributed by atoms with Gasteiger partial charge in [-0.3, -0.25) is 0 Å². The summed E-state index contributed by atoms with van der Waals surface area (Å²) in [5.74, 6) is -0.534. The molecule has 0 fully saturated rings. The van der Waals surface area contributed by atoms with E-state index in [1.54, 1.807) is 41.7 Å². The summed E-state index contributed by atoms with van der Waals surface area (Å²) in [7, 11) is 1.65. The second-order valence-electron chi connectivity index (χ2n) is 7.57. The molecule has 0 saturated carbocycles. The highest BCUT2D eigenvalue weighted by Gasteiger charge is 2.29. The second-order valence-corrected chi connectivity index (χ2v) is 7.57. The van der Waals surface area contributed by atoms with Crippen LogP contribution in [-0.2, 0) is 14.3 Å². The van der Waals surface area contributed by atoms with Gasteiger partial charge < -0.3 is 19.5 Å². The number of hydrogen-bond acceptors (Lipinski definition) is 6. The number of rotatable bonds is 8. The molecule has 2 atom stereocenters. The van der Waals surface area contributed by atoms with Gasteiger partial charge in [-0.05, 0) is 47.0 Å². The van der Waals surface area contributed by atoms with Crippen molar-refractivity contribution in [3.63, 3.8) is 0 Å². The standard InChI is InChI=1S/C19H34N2O5/c1-10-25-17(23)14(5)20-13(4)16(22)11-15(12(2)3)21(9)18(24)26-19(6,7)8/h12,15-16,22H,5,10-11H2,1-4,6-9H3/t15-,16+/m1/s1. The van der Waals surface area contributed by atoms with Crippen LogP contribution in [0.2, 0.25) is 0 Å². The SMILES string of the molecule is C=C(N=C(C)[C@@H](O)C[C@H](C(C)C)N(C)C(=O)OC(C)(C)C)C(=O)OCC. The largest absolute Gasteiger partial charge is 0.461 e. The van der Waals surface area contributed by atoms with Gasteiger partial charge in [0.05, 0.1) is 12.7 Å². The van der Waals surface area contributed by atoms with Crippen molar-refractivity contribution in [1.82, 2.24) is 4.90 Å². The number of amides is 1. The van der Waals surface area contributed by atoms with Crippen molar-refractivity contribution in [3.8, 4) is 0 Å². The number of hydrogen-bond donors (Lipinski definition) is 1. The summed E-state index contributed by atoms with van der Waals surface area (Å²) in [5.41, 5.74) is -0.323. The molecule has 0 aliphatic carbocycles. The lowest BCUT2D eigenvalue weighted by atomic mass is 9.95. The predicted molar refractivity (Wildman–Crippen MR) is 102 cm³/mol. The molecule has 0 aliphatic rings. The van der Waals surface area contributed by atoms with Gasteiger partial charge in [-0.2, -0.15) is 0 Å². The average Bonchev–Trinajstić information content (AvgIpc) is 2.49. The molecular weight excluding hydrogens is 336 g/mol. The lowest BCUT2D eigenvalue weighted by Crippen LogP contribution is -2.45. The summed E-state index contributed by atoms with van der Waals surface area (Å²) in [5, 5.41) is 10.5. The minimum absolute atomic E-state index is 0.0648. The lowest BCUT2D eigenvalue weighted by molar-refractivity contribution is -0.138. The molecule has 0 unspecified atom stereocenters. The molecule has 0 saturated heterocycles. The number of carbonyl (C=O) groups is 2. The van der Waals surface area contributed by atoms with Gasteiger partial charge in [0.25, 0.3) is 0 Å². The normalized spacial score (nSPS) is 14.6. The van der Waals surface area contributed by atoms with Crippen molar-refractivity contribution in [1.29, 1.82) is 0 Å². The highest BCUT2D eigenvalue weighted by Crippen LogP contribution is 2.19. The van der Waals surface area contributed by atoms with E-state index in [1.807, 2.05) is 13.8 Å². The number of aliphatic imine (C=N–C) groups is 1. The van der Waals surface area contributed by atoms with Gasteiger partial charge in [-0.1, -0.05) is 20.4 Å². The summed E-state index contributed by atoms with van der Waals surface area (Å²) < 4.78 is 10.2. The monoisotopic (exact) mass is 370 g/mol. The molecule has 1 amide bonds. The first kappa shape index (κ1) is 24.1. The molecular formula is C19H34N2O5. The number of esters is 1. The first-order valence-electron chi connectivity index (χ1n) is 8.85. The molecule has 0 aromatic carbocycles. The Morgan fingerprint density at radius 2 is 1.81 bits per heavy atom. The topological polar surface area (TPSA) is 88.4 Å². The number of aliphatic hydroxyl groups is 1. The molecule has 7 heteroatoms. The van der Waals surface area contributed by atoms with E-state index in [2.05, 4.69) is 11.6 Å². The van der Waals surface area contributed by atoms with Crippen LogP contribution >= 0.6 is 0 Å². The lowest BCUT2D eigenvalue weighted by Gasteiger charge is -2.34. The predicted octanol–water partition coefficient (Wildman–Crippen LogP) is 3.17. The Balaban J connectivity index is 5.12. The summed E-state index contributed by atoms with van der Waals surface area (Å²) in [6.07, 6.45) is -1.12. The molecule has 0 aromatic heterocycles. The van der Waals surface area contributed by atoms with Crippen LogP contribution in [0, 0.1) is 5.92 Å². The Kier molecular flexibility index (Phi) is 9.56. The van der Waals surface area contributed by atoms with Crippen LogP contribution in [-0.4, -0.2) is 59.2 Å². The number of nitrogens with zero attached hydrogens (tertiary/aromatic N) is 2. The van der Waals surface area contributed by atoms with Crippen LogP contribution < -0.4 is 0 Å². The van der Waals surface area contributed by atoms with E-state index in [1.165, 1.54) is 4.90 Å². The third-order valence-corrected chi connectivity index (χ3v) is 3.72. The zero-order chi connectivity index (χ0) is 20.7. The molecule has 0 spiro atoms. The van der Waals surface area contributed by atoms with Crippen molar-refractivity contribution < 1.29 is 24.2 Å². The Bertz CT molecular complexity index is 535. The molecule has 26 heavy (non-hydrogen) atoms. The third-order valence-electron chi connectivity index (χ3n) is 3.72. The first-order chi connectivity index (χ1) is 11.8. The molecule has 7 nitrogen and oxygen atoms in total. The van der Waals surface area contributed by atoms with Gasteiger partial charge in [-0.15, -0.1) is 0 Å². The molecule has 0 heterocycles. The smallest absolute Gasteiger partial charge is 0.410 e. The van der Waals surface area contributed by atoms with Crippen LogP contribution in [0.15, 0.2) is 17.3 Å². The zero-order valence-electron chi connectivity index (χ0n) is 17.3. The van der Waals surface area contributed by atoms with Crippen molar-refractivity contribution >= 4 is 17.8 Å². The van der Waals surface area contributed by atoms with E-state index in [-0.39, 0.29) is 30.7 Å². The Morgan fingerprint density at radius 3 is 2.23 bits per heavy atom. The number of aliphatic hydroxyl groups excluding tert-OH is 1. The highest BCUT2D eigenvalue weighted by molar-refractivity contribution is 5.94. The van der Waals surface area contributed by atoms with Gasteiger partial charge in [-0.25, -0.2) is 14.6 Å². The van der Waals surface area contributed by atoms with E-state index in [4.69, 9.17) is 9.47 Å². The van der Waals surface area contributed by atoms with E-state index in [0.29, 0.717) is 5.71 Å². The van der Waals surface area contributed by atoms with E-state index in [9.17, 15) is 14.7 Å². The maximum absolute atomic E-state index is 12.3. The maximum Gasteiger partial charge on any atom is 0.410 e. The van der Waals surface area contributed by atoms with Crippen molar-refractivity contribution in [2.75, 3.05) is 13.7 Å². The van der Waals surface area contributed by atoms with Gasteiger partial charge in [0.2, 0.25) is 0 Å². The Morgan fingerprint density at radius 1 is 1.27 bits per heavy atom. The fourth-order valence-electron chi connectivity index (χ4n) is 2.29. The first-order valence-corrected chi connectivity index (χ1v) is 8.85. The highest BCUT2D eigenvalue weighted by atomic mass is 16.6. The minimum atomic E-state index is -0.932. The second kappa shape index (κ2) is 10.3. The Hall–Kier alpha value is -1.89. The molecule has 0 aliphatic heterocycles. The van der Waals surface area contributed by atoms with Crippen LogP contribution in [0.4, 0.5) is 4.79 Å². The van der Waals surface area contributed by atoms with Gasteiger partial charge in [0, 0.05) is 18.8 Å². The molecule has 0 rings (SSSR count). The zero-order valence-corrected chi connectivity index (χ0v) is 17.3. The molecule has 150 valence electrons. The number of carbonyl (C=O) groups excluding carboxylic acids is 2. The maximum atomic E-state index is 12.3. The van der Waals surface area contributed by atoms with Crippen LogP contribution in [0.1, 0.15) is 54.9 Å². The molecule has 0 bridgehead atoms. The van der Waals surface area contributed by atoms with E-state index in [0.717, 1.165) is 0 Å². The van der Waals surface area contributed by atoms with Crippen molar-refractivity contribution in [2.24, 2.45) is 10.9 Å². The quantitative estimate of drug-likeness (QED) is 0.403. The van der Waals surface area contributed by atoms with E-state index >= 15 is 0 Å². The van der Waals surface area contributed by atoms with E-state index < -0.39 is 23.8 Å². The van der Waals surface area contributed by atoms with Crippen LogP contribution in [0.3, 0.4) is 0 Å². The summed E-state index contributed by atoms with van der Waals surface area (Å²) in [6, 6.07) is -0.263. The van der Waals surface area contributed by atoms with Gasteiger partial charge in [0.1, 0.15) is 11.3 Å². The fourth-order valence-corrected chi connectivity index (χ4v) is 2.29. The van der Waals surface area contributed by atoms with Crippen LogP contribution in [0.25, 0.3) is 0 Å². The fraction of sp³-hybridized carbons (Fsp3) is 0.737.